The Morgan fingerprint density at radius 2 is 2.24 bits per heavy atom. The molecule has 0 aromatic rings. The van der Waals surface area contributed by atoms with E-state index in [1.54, 1.807) is 18.2 Å². The van der Waals surface area contributed by atoms with E-state index in [1.165, 1.54) is 6.08 Å². The topological polar surface area (TPSA) is 38.0 Å². The first-order valence-electron chi connectivity index (χ1n) is 5.22. The van der Waals surface area contributed by atoms with Crippen LogP contribution in [0, 0.1) is 11.8 Å². The molecule has 0 atom stereocenters. The number of hydrazine groups is 1. The number of nitrogens with one attached hydrogen (secondary N) is 1. The van der Waals surface area contributed by atoms with E-state index in [-0.39, 0.29) is 5.83 Å². The zero-order valence-corrected chi connectivity index (χ0v) is 9.59. The quantitative estimate of drug-likeness (QED) is 0.338. The minimum absolute atomic E-state index is 0.101. The van der Waals surface area contributed by atoms with E-state index in [0.29, 0.717) is 24.1 Å². The van der Waals surface area contributed by atoms with Gasteiger partial charge in [0.25, 0.3) is 0 Å². The summed E-state index contributed by atoms with van der Waals surface area (Å²) in [7, 11) is 0. The standard InChI is InChI=1S/C14H15FN2/c1-3-14(17-16)10-11(2)4-5-12-6-8-13(15)9-7-12/h3,6,8,10,17H,1-2,7,9,16H2/b14-10+. The first kappa shape index (κ1) is 13.0. The molecular weight excluding hydrogens is 215 g/mol. The summed E-state index contributed by atoms with van der Waals surface area (Å²) in [6.07, 6.45) is 7.46. The summed E-state index contributed by atoms with van der Waals surface area (Å²) in [6, 6.07) is 0. The minimum Gasteiger partial charge on any atom is -0.324 e. The average Bonchev–Trinajstić information content (AvgIpc) is 2.35. The molecule has 3 heteroatoms. The number of rotatable bonds is 3. The van der Waals surface area contributed by atoms with Gasteiger partial charge in [-0.3, -0.25) is 5.84 Å². The molecule has 1 aliphatic carbocycles. The lowest BCUT2D eigenvalue weighted by Crippen LogP contribution is -2.19. The fourth-order valence-corrected chi connectivity index (χ4v) is 1.26. The van der Waals surface area contributed by atoms with Crippen LogP contribution in [0.1, 0.15) is 12.8 Å². The first-order chi connectivity index (χ1) is 8.15. The molecule has 0 bridgehead atoms. The molecule has 2 nitrogen and oxygen atoms in total. The van der Waals surface area contributed by atoms with E-state index in [2.05, 4.69) is 30.4 Å². The van der Waals surface area contributed by atoms with Crippen LogP contribution in [-0.4, -0.2) is 0 Å². The van der Waals surface area contributed by atoms with Gasteiger partial charge in [0.15, 0.2) is 0 Å². The van der Waals surface area contributed by atoms with E-state index in [1.807, 2.05) is 0 Å². The molecule has 0 saturated heterocycles. The second-order valence-corrected chi connectivity index (χ2v) is 3.53. The molecule has 88 valence electrons. The van der Waals surface area contributed by atoms with E-state index < -0.39 is 0 Å². The van der Waals surface area contributed by atoms with Gasteiger partial charge in [-0.05, 0) is 30.7 Å². The van der Waals surface area contributed by atoms with Crippen molar-refractivity contribution in [3.05, 3.63) is 60.1 Å². The van der Waals surface area contributed by atoms with Crippen LogP contribution in [0.15, 0.2) is 60.1 Å². The van der Waals surface area contributed by atoms with Crippen molar-refractivity contribution in [2.75, 3.05) is 0 Å². The third-order valence-electron chi connectivity index (χ3n) is 2.20. The van der Waals surface area contributed by atoms with Gasteiger partial charge in [0, 0.05) is 23.3 Å². The fourth-order valence-electron chi connectivity index (χ4n) is 1.26. The van der Waals surface area contributed by atoms with Crippen molar-refractivity contribution in [3.8, 4) is 11.8 Å². The number of halogens is 1. The van der Waals surface area contributed by atoms with Crippen molar-refractivity contribution in [3.63, 3.8) is 0 Å². The molecule has 0 unspecified atom stereocenters. The Morgan fingerprint density at radius 1 is 1.47 bits per heavy atom. The van der Waals surface area contributed by atoms with Crippen LogP contribution in [0.4, 0.5) is 4.39 Å². The number of allylic oxidation sites excluding steroid dienone is 7. The summed E-state index contributed by atoms with van der Waals surface area (Å²) in [4.78, 5) is 0. The Balaban J connectivity index is 2.70. The molecule has 0 saturated carbocycles. The van der Waals surface area contributed by atoms with Crippen molar-refractivity contribution in [1.29, 1.82) is 0 Å². The van der Waals surface area contributed by atoms with E-state index in [0.717, 1.165) is 5.57 Å². The van der Waals surface area contributed by atoms with Crippen molar-refractivity contribution in [1.82, 2.24) is 5.43 Å². The van der Waals surface area contributed by atoms with Crippen LogP contribution in [0.25, 0.3) is 0 Å². The van der Waals surface area contributed by atoms with Crippen LogP contribution in [0.3, 0.4) is 0 Å². The van der Waals surface area contributed by atoms with Gasteiger partial charge in [-0.2, -0.15) is 0 Å². The Labute approximate surface area is 101 Å². The van der Waals surface area contributed by atoms with E-state index in [4.69, 9.17) is 5.84 Å². The fraction of sp³-hybridized carbons (Fsp3) is 0.143. The summed E-state index contributed by atoms with van der Waals surface area (Å²) in [5, 5.41) is 0. The molecule has 0 fully saturated rings. The summed E-state index contributed by atoms with van der Waals surface area (Å²) in [6.45, 7) is 7.36. The summed E-state index contributed by atoms with van der Waals surface area (Å²) in [5.41, 5.74) is 4.64. The van der Waals surface area contributed by atoms with E-state index in [9.17, 15) is 4.39 Å². The lowest BCUT2D eigenvalue weighted by atomic mass is 10.0. The van der Waals surface area contributed by atoms with Crippen molar-refractivity contribution >= 4 is 0 Å². The largest absolute Gasteiger partial charge is 0.324 e. The highest BCUT2D eigenvalue weighted by molar-refractivity contribution is 5.45. The Morgan fingerprint density at radius 3 is 2.76 bits per heavy atom. The zero-order chi connectivity index (χ0) is 12.7. The molecule has 1 aliphatic rings. The second kappa shape index (κ2) is 6.51. The van der Waals surface area contributed by atoms with Gasteiger partial charge in [0.2, 0.25) is 0 Å². The highest BCUT2D eigenvalue weighted by Gasteiger charge is 2.02. The third kappa shape index (κ3) is 4.54. The Bertz CT molecular complexity index is 470. The van der Waals surface area contributed by atoms with Crippen LogP contribution < -0.4 is 11.3 Å². The highest BCUT2D eigenvalue weighted by Crippen LogP contribution is 2.18. The predicted molar refractivity (Wildman–Crippen MR) is 69.0 cm³/mol. The molecule has 0 radical (unpaired) electrons. The maximum atomic E-state index is 12.7. The maximum absolute atomic E-state index is 12.7. The third-order valence-corrected chi connectivity index (χ3v) is 2.20. The second-order valence-electron chi connectivity index (χ2n) is 3.53. The average molecular weight is 230 g/mol. The SMILES string of the molecule is C=C/C(=C\C(=C)C#CC1=CC=C(F)CC1)NN. The summed E-state index contributed by atoms with van der Waals surface area (Å²) < 4.78 is 12.7. The summed E-state index contributed by atoms with van der Waals surface area (Å²) in [5.74, 6) is 11.0. The normalized spacial score (nSPS) is 15.1. The van der Waals surface area contributed by atoms with Crippen LogP contribution in [0.2, 0.25) is 0 Å². The van der Waals surface area contributed by atoms with Crippen LogP contribution in [-0.2, 0) is 0 Å². The highest BCUT2D eigenvalue weighted by atomic mass is 19.1. The van der Waals surface area contributed by atoms with Gasteiger partial charge in [-0.25, -0.2) is 4.39 Å². The molecule has 0 aromatic heterocycles. The van der Waals surface area contributed by atoms with Crippen LogP contribution >= 0.6 is 0 Å². The van der Waals surface area contributed by atoms with Crippen LogP contribution in [0.5, 0.6) is 0 Å². The monoisotopic (exact) mass is 230 g/mol. The van der Waals surface area contributed by atoms with Crippen molar-refractivity contribution < 1.29 is 4.39 Å². The molecule has 0 heterocycles. The molecular formula is C14H15FN2. The van der Waals surface area contributed by atoms with Crippen molar-refractivity contribution in [2.45, 2.75) is 12.8 Å². The van der Waals surface area contributed by atoms with Gasteiger partial charge < -0.3 is 5.43 Å². The molecule has 3 N–H and O–H groups in total. The number of hydrogen-bond donors (Lipinski definition) is 2. The molecule has 0 aliphatic heterocycles. The van der Waals surface area contributed by atoms with Gasteiger partial charge in [0.1, 0.15) is 5.83 Å². The Kier molecular flexibility index (Phi) is 4.99. The van der Waals surface area contributed by atoms with Gasteiger partial charge >= 0.3 is 0 Å². The lowest BCUT2D eigenvalue weighted by molar-refractivity contribution is 0.585. The number of hydrogen-bond acceptors (Lipinski definition) is 2. The Hall–Kier alpha value is -2.05. The number of nitrogens with two attached hydrogens (primary N) is 1. The van der Waals surface area contributed by atoms with Gasteiger partial charge in [-0.15, -0.1) is 0 Å². The smallest absolute Gasteiger partial charge is 0.100 e. The maximum Gasteiger partial charge on any atom is 0.100 e. The van der Waals surface area contributed by atoms with Gasteiger partial charge in [-0.1, -0.05) is 25.0 Å². The zero-order valence-electron chi connectivity index (χ0n) is 9.59. The molecule has 0 aromatic carbocycles. The predicted octanol–water partition coefficient (Wildman–Crippen LogP) is 2.65. The molecule has 1 rings (SSSR count). The minimum atomic E-state index is -0.101. The molecule has 0 amide bonds. The van der Waals surface area contributed by atoms with E-state index >= 15 is 0 Å². The van der Waals surface area contributed by atoms with Gasteiger partial charge in [0.05, 0.1) is 0 Å². The lowest BCUT2D eigenvalue weighted by Gasteiger charge is -2.03. The molecule has 17 heavy (non-hydrogen) atoms. The summed E-state index contributed by atoms with van der Waals surface area (Å²) >= 11 is 0. The first-order valence-corrected chi connectivity index (χ1v) is 5.22. The van der Waals surface area contributed by atoms with Crippen molar-refractivity contribution in [2.24, 2.45) is 5.84 Å². The molecule has 0 spiro atoms.